The highest BCUT2D eigenvalue weighted by Gasteiger charge is 2.30. The number of sulfonamides is 1. The molecule has 8 heteroatoms. The van der Waals surface area contributed by atoms with Crippen molar-refractivity contribution in [1.82, 2.24) is 14.6 Å². The lowest BCUT2D eigenvalue weighted by molar-refractivity contribution is -0.0440. The first-order chi connectivity index (χ1) is 10.8. The smallest absolute Gasteiger partial charge is 0.269 e. The summed E-state index contributed by atoms with van der Waals surface area (Å²) >= 11 is 0. The molecule has 0 aliphatic carbocycles. The molecule has 0 radical (unpaired) electrons. The second kappa shape index (κ2) is 7.37. The van der Waals surface area contributed by atoms with Crippen molar-refractivity contribution >= 4 is 15.9 Å². The first kappa shape index (κ1) is 17.8. The normalized spacial score (nSPS) is 22.7. The van der Waals surface area contributed by atoms with E-state index in [1.807, 2.05) is 13.8 Å². The first-order valence-electron chi connectivity index (χ1n) is 7.63. The van der Waals surface area contributed by atoms with E-state index in [-0.39, 0.29) is 36.1 Å². The largest absolute Gasteiger partial charge is 0.373 e. The molecule has 0 aromatic carbocycles. The first-order valence-corrected chi connectivity index (χ1v) is 9.24. The fraction of sp³-hybridized carbons (Fsp3) is 0.600. The van der Waals surface area contributed by atoms with Crippen LogP contribution in [0.25, 0.3) is 0 Å². The van der Waals surface area contributed by atoms with E-state index in [4.69, 9.17) is 4.74 Å². The summed E-state index contributed by atoms with van der Waals surface area (Å²) in [5, 5.41) is 2.61. The number of hydrogen-bond acceptors (Lipinski definition) is 5. The molecule has 1 fully saturated rings. The zero-order valence-electron chi connectivity index (χ0n) is 13.7. The van der Waals surface area contributed by atoms with Crippen molar-refractivity contribution in [2.75, 3.05) is 25.4 Å². The minimum Gasteiger partial charge on any atom is -0.373 e. The molecular formula is C15H23N3O4S. The Bertz CT molecular complexity index is 652. The summed E-state index contributed by atoms with van der Waals surface area (Å²) in [6.07, 6.45) is -0.251. The van der Waals surface area contributed by atoms with Crippen molar-refractivity contribution in [2.45, 2.75) is 33.0 Å². The molecule has 0 spiro atoms. The topological polar surface area (TPSA) is 88.6 Å². The lowest BCUT2D eigenvalue weighted by Gasteiger charge is -2.34. The number of carbonyl (C=O) groups excluding carboxylic acids is 1. The van der Waals surface area contributed by atoms with Crippen LogP contribution in [0.15, 0.2) is 18.2 Å². The van der Waals surface area contributed by atoms with Crippen LogP contribution in [-0.4, -0.2) is 61.2 Å². The molecule has 23 heavy (non-hydrogen) atoms. The van der Waals surface area contributed by atoms with E-state index in [0.717, 1.165) is 5.69 Å². The number of pyridine rings is 1. The quantitative estimate of drug-likeness (QED) is 0.845. The third kappa shape index (κ3) is 4.98. The van der Waals surface area contributed by atoms with Crippen molar-refractivity contribution in [1.29, 1.82) is 0 Å². The van der Waals surface area contributed by atoms with Gasteiger partial charge in [0.15, 0.2) is 0 Å². The van der Waals surface area contributed by atoms with Gasteiger partial charge in [-0.3, -0.25) is 4.79 Å². The Hall–Kier alpha value is -1.51. The van der Waals surface area contributed by atoms with Gasteiger partial charge in [-0.05, 0) is 32.9 Å². The fourth-order valence-electron chi connectivity index (χ4n) is 2.54. The molecule has 0 saturated carbocycles. The van der Waals surface area contributed by atoms with E-state index in [1.165, 1.54) is 4.31 Å². The lowest BCUT2D eigenvalue weighted by Crippen LogP contribution is -2.49. The van der Waals surface area contributed by atoms with Crippen molar-refractivity contribution < 1.29 is 17.9 Å². The molecule has 1 saturated heterocycles. The van der Waals surface area contributed by atoms with Crippen LogP contribution in [0, 0.1) is 6.92 Å². The van der Waals surface area contributed by atoms with Gasteiger partial charge >= 0.3 is 0 Å². The average Bonchev–Trinajstić information content (AvgIpc) is 2.46. The third-order valence-electron chi connectivity index (χ3n) is 3.55. The van der Waals surface area contributed by atoms with Gasteiger partial charge < -0.3 is 10.1 Å². The minimum absolute atomic E-state index is 0.0525. The van der Waals surface area contributed by atoms with Crippen molar-refractivity contribution in [2.24, 2.45) is 0 Å². The van der Waals surface area contributed by atoms with E-state index in [2.05, 4.69) is 10.3 Å². The fourth-order valence-corrected chi connectivity index (χ4v) is 4.03. The molecule has 1 aromatic heterocycles. The van der Waals surface area contributed by atoms with Gasteiger partial charge in [0.25, 0.3) is 5.91 Å². The Balaban J connectivity index is 1.88. The molecule has 0 bridgehead atoms. The molecule has 2 heterocycles. The molecule has 2 atom stereocenters. The van der Waals surface area contributed by atoms with Crippen LogP contribution in [0.5, 0.6) is 0 Å². The number of nitrogens with zero attached hydrogens (tertiary/aromatic N) is 2. The van der Waals surface area contributed by atoms with Gasteiger partial charge in [-0.15, -0.1) is 0 Å². The maximum Gasteiger partial charge on any atom is 0.269 e. The predicted molar refractivity (Wildman–Crippen MR) is 86.7 cm³/mol. The number of morpholine rings is 1. The number of aryl methyl sites for hydroxylation is 1. The summed E-state index contributed by atoms with van der Waals surface area (Å²) in [6.45, 7) is 6.24. The highest BCUT2D eigenvalue weighted by Crippen LogP contribution is 2.14. The summed E-state index contributed by atoms with van der Waals surface area (Å²) in [4.78, 5) is 16.1. The monoisotopic (exact) mass is 341 g/mol. The van der Waals surface area contributed by atoms with Gasteiger partial charge in [-0.25, -0.2) is 13.4 Å². The van der Waals surface area contributed by atoms with Gasteiger partial charge in [0.05, 0.1) is 18.0 Å². The van der Waals surface area contributed by atoms with Crippen LogP contribution in [0.2, 0.25) is 0 Å². The molecule has 2 rings (SSSR count). The zero-order valence-corrected chi connectivity index (χ0v) is 14.5. The summed E-state index contributed by atoms with van der Waals surface area (Å²) < 4.78 is 31.7. The summed E-state index contributed by atoms with van der Waals surface area (Å²) in [6, 6.07) is 5.13. The summed E-state index contributed by atoms with van der Waals surface area (Å²) in [5.74, 6) is -0.503. The Labute approximate surface area is 137 Å². The number of rotatable bonds is 5. The summed E-state index contributed by atoms with van der Waals surface area (Å²) in [7, 11) is -3.42. The van der Waals surface area contributed by atoms with Crippen LogP contribution < -0.4 is 5.32 Å². The van der Waals surface area contributed by atoms with Gasteiger partial charge in [-0.1, -0.05) is 6.07 Å². The molecule has 1 aliphatic rings. The number of aromatic nitrogens is 1. The highest BCUT2D eigenvalue weighted by molar-refractivity contribution is 7.89. The van der Waals surface area contributed by atoms with Crippen molar-refractivity contribution in [3.63, 3.8) is 0 Å². The van der Waals surface area contributed by atoms with E-state index < -0.39 is 10.0 Å². The number of amides is 1. The van der Waals surface area contributed by atoms with E-state index in [9.17, 15) is 13.2 Å². The summed E-state index contributed by atoms with van der Waals surface area (Å²) in [5.41, 5.74) is 1.03. The second-order valence-electron chi connectivity index (χ2n) is 5.81. The van der Waals surface area contributed by atoms with Crippen LogP contribution >= 0.6 is 0 Å². The third-order valence-corrected chi connectivity index (χ3v) is 5.35. The second-order valence-corrected chi connectivity index (χ2v) is 7.90. The molecule has 1 N–H and O–H groups in total. The Kier molecular flexibility index (Phi) is 5.72. The maximum atomic E-state index is 12.4. The standard InChI is InChI=1S/C15H23N3O4S/c1-11-5-4-6-14(17-11)15(19)16-7-8-23(20,21)18-9-12(2)22-13(3)10-18/h4-6,12-13H,7-10H2,1-3H3,(H,16,19)/t12-,13-/m0/s1. The van der Waals surface area contributed by atoms with Gasteiger partial charge in [-0.2, -0.15) is 4.31 Å². The zero-order chi connectivity index (χ0) is 17.0. The Morgan fingerprint density at radius 3 is 2.61 bits per heavy atom. The molecule has 1 amide bonds. The highest BCUT2D eigenvalue weighted by atomic mass is 32.2. The van der Waals surface area contributed by atoms with Crippen molar-refractivity contribution in [3.8, 4) is 0 Å². The van der Waals surface area contributed by atoms with E-state index in [0.29, 0.717) is 13.1 Å². The maximum absolute atomic E-state index is 12.4. The Morgan fingerprint density at radius 2 is 2.00 bits per heavy atom. The SMILES string of the molecule is Cc1cccc(C(=O)NCCS(=O)(=O)N2C[C@H](C)O[C@@H](C)C2)n1. The van der Waals surface area contributed by atoms with Crippen molar-refractivity contribution in [3.05, 3.63) is 29.6 Å². The molecule has 7 nitrogen and oxygen atoms in total. The molecular weight excluding hydrogens is 318 g/mol. The van der Waals surface area contributed by atoms with Crippen LogP contribution in [0.3, 0.4) is 0 Å². The van der Waals surface area contributed by atoms with E-state index >= 15 is 0 Å². The number of ether oxygens (including phenoxy) is 1. The minimum atomic E-state index is -3.42. The van der Waals surface area contributed by atoms with Crippen LogP contribution in [0.4, 0.5) is 0 Å². The number of nitrogens with one attached hydrogen (secondary N) is 1. The molecule has 1 aliphatic heterocycles. The van der Waals surface area contributed by atoms with E-state index in [1.54, 1.807) is 25.1 Å². The van der Waals surface area contributed by atoms with Crippen LogP contribution in [-0.2, 0) is 14.8 Å². The van der Waals surface area contributed by atoms with Crippen LogP contribution in [0.1, 0.15) is 30.0 Å². The number of carbonyl (C=O) groups is 1. The van der Waals surface area contributed by atoms with Gasteiger partial charge in [0.1, 0.15) is 5.69 Å². The molecule has 0 unspecified atom stereocenters. The van der Waals surface area contributed by atoms with Gasteiger partial charge in [0.2, 0.25) is 10.0 Å². The number of hydrogen-bond donors (Lipinski definition) is 1. The predicted octanol–water partition coefficient (Wildman–Crippen LogP) is 0.559. The lowest BCUT2D eigenvalue weighted by atomic mass is 10.3. The molecule has 128 valence electrons. The average molecular weight is 341 g/mol. The van der Waals surface area contributed by atoms with Gasteiger partial charge in [0, 0.05) is 25.3 Å². The molecule has 1 aromatic rings. The Morgan fingerprint density at radius 1 is 1.35 bits per heavy atom.